The summed E-state index contributed by atoms with van der Waals surface area (Å²) in [5.74, 6) is 1.83. The number of anilines is 1. The average Bonchev–Trinajstić information content (AvgIpc) is 3.30. The fourth-order valence-electron chi connectivity index (χ4n) is 4.05. The summed E-state index contributed by atoms with van der Waals surface area (Å²) in [6, 6.07) is 13.2. The predicted molar refractivity (Wildman–Crippen MR) is 147 cm³/mol. The lowest BCUT2D eigenvalue weighted by Crippen LogP contribution is -2.48. The van der Waals surface area contributed by atoms with Gasteiger partial charge >= 0.3 is 0 Å². The van der Waals surface area contributed by atoms with Crippen molar-refractivity contribution in [2.75, 3.05) is 39.1 Å². The number of aromatic nitrogens is 1. The van der Waals surface area contributed by atoms with E-state index >= 15 is 0 Å². The van der Waals surface area contributed by atoms with Gasteiger partial charge in [-0.15, -0.1) is 24.0 Å². The zero-order chi connectivity index (χ0) is 21.6. The normalized spacial score (nSPS) is 15.4. The smallest absolute Gasteiger partial charge is 0.191 e. The Bertz CT molecular complexity index is 1010. The second kappa shape index (κ2) is 11.8. The van der Waals surface area contributed by atoms with Crippen molar-refractivity contribution in [1.29, 1.82) is 0 Å². The molecule has 1 saturated heterocycles. The van der Waals surface area contributed by atoms with Crippen LogP contribution in [0.4, 0.5) is 5.82 Å². The average molecular weight is 565 g/mol. The number of thiophene rings is 1. The van der Waals surface area contributed by atoms with Gasteiger partial charge in [-0.3, -0.25) is 9.89 Å². The lowest BCUT2D eigenvalue weighted by atomic mass is 10.0. The maximum atomic E-state index is 4.76. The van der Waals surface area contributed by atoms with Crippen molar-refractivity contribution in [2.24, 2.45) is 4.99 Å². The monoisotopic (exact) mass is 564 g/mol. The summed E-state index contributed by atoms with van der Waals surface area (Å²) in [6.07, 6.45) is 2.27. The fourth-order valence-corrected chi connectivity index (χ4v) is 4.71. The Hall–Kier alpha value is -1.91. The van der Waals surface area contributed by atoms with E-state index in [1.165, 1.54) is 16.5 Å². The molecule has 2 aromatic heterocycles. The van der Waals surface area contributed by atoms with Gasteiger partial charge in [-0.1, -0.05) is 18.2 Å². The molecule has 2 N–H and O–H groups in total. The number of nitrogens with one attached hydrogen (secondary N) is 2. The number of para-hydroxylation sites is 1. The Morgan fingerprint density at radius 2 is 2.00 bits per heavy atom. The first kappa shape index (κ1) is 24.7. The standard InChI is InChI=1S/C24H32N6S.HI/c1-25-24(27-20-8-11-30(12-9-20)16-18-10-13-31-17-18)26-15-19-14-23(29(2)3)28-22-7-5-4-6-21(19)22;/h4-7,10,13-14,17,20H,8-9,11-12,15-16H2,1-3H3,(H2,25,26,27);1H. The summed E-state index contributed by atoms with van der Waals surface area (Å²) < 4.78 is 0. The second-order valence-corrected chi connectivity index (χ2v) is 9.08. The number of nitrogens with zero attached hydrogens (tertiary/aromatic N) is 4. The van der Waals surface area contributed by atoms with Crippen molar-refractivity contribution in [2.45, 2.75) is 32.0 Å². The van der Waals surface area contributed by atoms with Gasteiger partial charge in [0.15, 0.2) is 5.96 Å². The molecule has 0 bridgehead atoms. The van der Waals surface area contributed by atoms with Crippen LogP contribution in [0.5, 0.6) is 0 Å². The number of hydrogen-bond donors (Lipinski definition) is 2. The highest BCUT2D eigenvalue weighted by Crippen LogP contribution is 2.22. The summed E-state index contributed by atoms with van der Waals surface area (Å²) >= 11 is 1.78. The lowest BCUT2D eigenvalue weighted by molar-refractivity contribution is 0.198. The van der Waals surface area contributed by atoms with Crippen molar-refractivity contribution >= 4 is 58.0 Å². The molecular weight excluding hydrogens is 531 g/mol. The highest BCUT2D eigenvalue weighted by molar-refractivity contribution is 14.0. The molecule has 8 heteroatoms. The summed E-state index contributed by atoms with van der Waals surface area (Å²) in [4.78, 5) is 13.8. The molecule has 172 valence electrons. The molecule has 0 amide bonds. The van der Waals surface area contributed by atoms with Gasteiger partial charge in [0.05, 0.1) is 5.52 Å². The van der Waals surface area contributed by atoms with E-state index in [0.717, 1.165) is 49.8 Å². The Labute approximate surface area is 212 Å². The molecule has 1 fully saturated rings. The predicted octanol–water partition coefficient (Wildman–Crippen LogP) is 4.31. The first-order valence-electron chi connectivity index (χ1n) is 10.9. The minimum Gasteiger partial charge on any atom is -0.363 e. The van der Waals surface area contributed by atoms with E-state index < -0.39 is 0 Å². The number of guanidine groups is 1. The third-order valence-electron chi connectivity index (χ3n) is 5.83. The molecule has 0 saturated carbocycles. The van der Waals surface area contributed by atoms with Gasteiger partial charge < -0.3 is 15.5 Å². The van der Waals surface area contributed by atoms with Gasteiger partial charge in [-0.25, -0.2) is 4.98 Å². The third kappa shape index (κ3) is 6.32. The molecule has 0 radical (unpaired) electrons. The molecule has 1 aromatic carbocycles. The van der Waals surface area contributed by atoms with E-state index in [1.54, 1.807) is 11.3 Å². The number of hydrogen-bond acceptors (Lipinski definition) is 5. The largest absolute Gasteiger partial charge is 0.363 e. The van der Waals surface area contributed by atoms with Crippen LogP contribution >= 0.6 is 35.3 Å². The summed E-state index contributed by atoms with van der Waals surface area (Å²) in [5, 5.41) is 12.7. The van der Waals surface area contributed by atoms with Crippen LogP contribution in [0.3, 0.4) is 0 Å². The number of halogens is 1. The molecule has 3 aromatic rings. The Balaban J connectivity index is 0.00000289. The molecule has 0 atom stereocenters. The van der Waals surface area contributed by atoms with E-state index in [4.69, 9.17) is 4.98 Å². The van der Waals surface area contributed by atoms with Gasteiger partial charge in [0.1, 0.15) is 5.82 Å². The summed E-state index contributed by atoms with van der Waals surface area (Å²) in [7, 11) is 5.90. The fraction of sp³-hybridized carbons (Fsp3) is 0.417. The van der Waals surface area contributed by atoms with E-state index in [2.05, 4.69) is 61.6 Å². The second-order valence-electron chi connectivity index (χ2n) is 8.30. The maximum absolute atomic E-state index is 4.76. The van der Waals surface area contributed by atoms with Gasteiger partial charge in [0, 0.05) is 58.8 Å². The number of likely N-dealkylation sites (tertiary alicyclic amines) is 1. The quantitative estimate of drug-likeness (QED) is 0.266. The van der Waals surface area contributed by atoms with Crippen molar-refractivity contribution in [1.82, 2.24) is 20.5 Å². The van der Waals surface area contributed by atoms with Crippen LogP contribution in [0.1, 0.15) is 24.0 Å². The minimum atomic E-state index is 0. The maximum Gasteiger partial charge on any atom is 0.191 e. The van der Waals surface area contributed by atoms with Gasteiger partial charge in [0.25, 0.3) is 0 Å². The van der Waals surface area contributed by atoms with Crippen molar-refractivity contribution < 1.29 is 0 Å². The summed E-state index contributed by atoms with van der Waals surface area (Å²) in [5.41, 5.74) is 3.67. The molecule has 0 aliphatic carbocycles. The molecule has 32 heavy (non-hydrogen) atoms. The topological polar surface area (TPSA) is 55.8 Å². The van der Waals surface area contributed by atoms with Crippen molar-refractivity contribution in [3.8, 4) is 0 Å². The number of rotatable bonds is 6. The lowest BCUT2D eigenvalue weighted by Gasteiger charge is -2.33. The molecule has 4 rings (SSSR count). The van der Waals surface area contributed by atoms with Gasteiger partial charge in [0.2, 0.25) is 0 Å². The zero-order valence-electron chi connectivity index (χ0n) is 19.0. The number of benzene rings is 1. The van der Waals surface area contributed by atoms with E-state index in [-0.39, 0.29) is 24.0 Å². The number of piperidine rings is 1. The van der Waals surface area contributed by atoms with E-state index in [9.17, 15) is 0 Å². The highest BCUT2D eigenvalue weighted by Gasteiger charge is 2.20. The van der Waals surface area contributed by atoms with E-state index in [1.807, 2.05) is 32.1 Å². The van der Waals surface area contributed by atoms with Crippen LogP contribution in [-0.2, 0) is 13.1 Å². The third-order valence-corrected chi connectivity index (χ3v) is 6.56. The number of fused-ring (bicyclic) bond motifs is 1. The first-order chi connectivity index (χ1) is 15.1. The van der Waals surface area contributed by atoms with Crippen LogP contribution in [0.15, 0.2) is 52.2 Å². The van der Waals surface area contributed by atoms with Crippen LogP contribution in [0.25, 0.3) is 10.9 Å². The molecular formula is C24H33IN6S. The molecule has 0 unspecified atom stereocenters. The molecule has 3 heterocycles. The molecule has 1 aliphatic rings. The zero-order valence-corrected chi connectivity index (χ0v) is 22.2. The number of aliphatic imine (C=N–C) groups is 1. The first-order valence-corrected chi connectivity index (χ1v) is 11.8. The van der Waals surface area contributed by atoms with Crippen molar-refractivity contribution in [3.05, 3.63) is 58.3 Å². The minimum absolute atomic E-state index is 0. The van der Waals surface area contributed by atoms with Crippen LogP contribution in [0.2, 0.25) is 0 Å². The Morgan fingerprint density at radius 1 is 1.22 bits per heavy atom. The molecule has 0 spiro atoms. The van der Waals surface area contributed by atoms with Crippen LogP contribution < -0.4 is 15.5 Å². The van der Waals surface area contributed by atoms with Gasteiger partial charge in [-0.05, 0) is 52.9 Å². The Morgan fingerprint density at radius 3 is 2.69 bits per heavy atom. The SMILES string of the molecule is CN=C(NCc1cc(N(C)C)nc2ccccc12)NC1CCN(Cc2ccsc2)CC1.I. The summed E-state index contributed by atoms with van der Waals surface area (Å²) in [6.45, 7) is 4.00. The Kier molecular flexibility index (Phi) is 9.12. The highest BCUT2D eigenvalue weighted by atomic mass is 127. The number of pyridine rings is 1. The molecule has 1 aliphatic heterocycles. The van der Waals surface area contributed by atoms with Crippen LogP contribution in [-0.4, -0.2) is 56.1 Å². The van der Waals surface area contributed by atoms with E-state index in [0.29, 0.717) is 12.6 Å². The van der Waals surface area contributed by atoms with Gasteiger partial charge in [-0.2, -0.15) is 11.3 Å². The van der Waals surface area contributed by atoms with Crippen LogP contribution in [0, 0.1) is 0 Å². The van der Waals surface area contributed by atoms with Crippen molar-refractivity contribution in [3.63, 3.8) is 0 Å². The molecule has 6 nitrogen and oxygen atoms in total.